The highest BCUT2D eigenvalue weighted by Crippen LogP contribution is 2.39. The van der Waals surface area contributed by atoms with Crippen LogP contribution in [0.25, 0.3) is 0 Å². The molecule has 5 aromatic rings. The highest BCUT2D eigenvalue weighted by Gasteiger charge is 2.28. The Labute approximate surface area is 332 Å². The van der Waals surface area contributed by atoms with Gasteiger partial charge in [0.15, 0.2) is 5.82 Å². The maximum atomic E-state index is 12.9. The normalized spacial score (nSPS) is 15.8. The molecule has 0 amide bonds. The van der Waals surface area contributed by atoms with Crippen LogP contribution in [-0.2, 0) is 17.5 Å². The number of hydrogen-bond acceptors (Lipinski definition) is 11. The molecule has 4 heterocycles. The molecule has 15 heteroatoms. The summed E-state index contributed by atoms with van der Waals surface area (Å²) in [5.41, 5.74) is 4.07. The van der Waals surface area contributed by atoms with Crippen molar-refractivity contribution in [2.24, 2.45) is 0 Å². The van der Waals surface area contributed by atoms with Crippen molar-refractivity contribution in [2.45, 2.75) is 31.8 Å². The van der Waals surface area contributed by atoms with Gasteiger partial charge in [-0.2, -0.15) is 4.98 Å². The highest BCUT2D eigenvalue weighted by molar-refractivity contribution is 7.70. The van der Waals surface area contributed by atoms with Crippen molar-refractivity contribution >= 4 is 52.9 Å². The molecule has 2 aliphatic heterocycles. The number of piperidine rings is 1. The van der Waals surface area contributed by atoms with Crippen LogP contribution >= 0.6 is 18.7 Å². The summed E-state index contributed by atoms with van der Waals surface area (Å²) in [7, 11) is -0.875. The van der Waals surface area contributed by atoms with Crippen molar-refractivity contribution in [1.29, 1.82) is 0 Å². The SMILES string of the molecule is COc1cc(N2CCC(N3CCN(CCc4ccc(Cn5ccc(=O)[nH]c5=O)cc4)CC3)CC2)ccc1Nc1ncc(Cl)c(Nc2ccccc2P(C)(C)=O)n1. The first-order chi connectivity index (χ1) is 27.0. The molecule has 2 saturated heterocycles. The van der Waals surface area contributed by atoms with Gasteiger partial charge in [-0.1, -0.05) is 48.0 Å². The quantitative estimate of drug-likeness (QED) is 0.128. The van der Waals surface area contributed by atoms with Crippen molar-refractivity contribution in [3.63, 3.8) is 0 Å². The van der Waals surface area contributed by atoms with E-state index in [9.17, 15) is 14.2 Å². The summed E-state index contributed by atoms with van der Waals surface area (Å²) in [5.74, 6) is 1.46. The molecule has 13 nitrogen and oxygen atoms in total. The van der Waals surface area contributed by atoms with Gasteiger partial charge in [0.1, 0.15) is 17.9 Å². The number of ether oxygens (including phenoxy) is 1. The molecule has 2 fully saturated rings. The highest BCUT2D eigenvalue weighted by atomic mass is 35.5. The van der Waals surface area contributed by atoms with Crippen LogP contribution in [-0.4, -0.2) is 102 Å². The molecule has 0 atom stereocenters. The fourth-order valence-electron chi connectivity index (χ4n) is 7.50. The van der Waals surface area contributed by atoms with Crippen LogP contribution in [0.4, 0.5) is 28.8 Å². The van der Waals surface area contributed by atoms with Gasteiger partial charge >= 0.3 is 5.69 Å². The number of para-hydroxylation sites is 1. The summed E-state index contributed by atoms with van der Waals surface area (Å²) in [6, 6.07) is 24.0. The standard InChI is InChI=1S/C41H49ClN9O4P/c1-55-36-26-32(12-13-34(36)45-40-43-27-33(42)39(47-40)44-35-6-4-5-7-37(35)56(2,3)54)49-19-15-31(16-20-49)50-24-22-48(23-25-50)18-14-29-8-10-30(11-9-29)28-51-21-17-38(52)46-41(51)53/h4-13,17,21,26-27,31H,14-16,18-20,22-25,28H2,1-3H3,(H,46,52,53)(H2,43,44,45,47). The first-order valence-corrected chi connectivity index (χ1v) is 22.0. The summed E-state index contributed by atoms with van der Waals surface area (Å²) < 4.78 is 20.2. The molecule has 0 aliphatic carbocycles. The van der Waals surface area contributed by atoms with Gasteiger partial charge in [0.2, 0.25) is 5.95 Å². The average Bonchev–Trinajstić information content (AvgIpc) is 3.20. The molecule has 7 rings (SSSR count). The van der Waals surface area contributed by atoms with Crippen LogP contribution < -0.4 is 36.8 Å². The van der Waals surface area contributed by atoms with E-state index in [1.807, 2.05) is 30.3 Å². The van der Waals surface area contributed by atoms with Crippen molar-refractivity contribution in [3.05, 3.63) is 122 Å². The van der Waals surface area contributed by atoms with Gasteiger partial charge in [-0.25, -0.2) is 9.78 Å². The van der Waals surface area contributed by atoms with E-state index in [0.29, 0.717) is 40.8 Å². The monoisotopic (exact) mass is 797 g/mol. The van der Waals surface area contributed by atoms with Crippen molar-refractivity contribution < 1.29 is 9.30 Å². The maximum absolute atomic E-state index is 12.9. The van der Waals surface area contributed by atoms with E-state index < -0.39 is 12.8 Å². The molecule has 2 aliphatic rings. The van der Waals surface area contributed by atoms with Crippen LogP contribution in [0, 0.1) is 0 Å². The number of aromatic amines is 1. The van der Waals surface area contributed by atoms with E-state index in [2.05, 4.69) is 76.7 Å². The van der Waals surface area contributed by atoms with Crippen molar-refractivity contribution in [3.8, 4) is 5.75 Å². The molecule has 0 saturated carbocycles. The van der Waals surface area contributed by atoms with Gasteiger partial charge in [0.05, 0.1) is 31.2 Å². The van der Waals surface area contributed by atoms with Gasteiger partial charge in [-0.15, -0.1) is 0 Å². The second-order valence-electron chi connectivity index (χ2n) is 14.8. The summed E-state index contributed by atoms with van der Waals surface area (Å²) in [6.45, 7) is 11.2. The zero-order chi connectivity index (χ0) is 39.2. The number of halogens is 1. The number of anilines is 5. The Morgan fingerprint density at radius 2 is 1.62 bits per heavy atom. The Hall–Kier alpha value is -4.94. The third-order valence-corrected chi connectivity index (χ3v) is 12.5. The molecule has 0 radical (unpaired) electrons. The molecule has 56 heavy (non-hydrogen) atoms. The lowest BCUT2D eigenvalue weighted by Gasteiger charge is -2.43. The minimum absolute atomic E-state index is 0.349. The zero-order valence-electron chi connectivity index (χ0n) is 32.1. The molecule has 294 valence electrons. The number of hydrogen-bond donors (Lipinski definition) is 3. The summed E-state index contributed by atoms with van der Waals surface area (Å²) in [6.07, 6.45) is 6.28. The van der Waals surface area contributed by atoms with E-state index >= 15 is 0 Å². The Morgan fingerprint density at radius 1 is 0.893 bits per heavy atom. The molecule has 0 spiro atoms. The van der Waals surface area contributed by atoms with Gasteiger partial charge in [0, 0.05) is 81.2 Å². The number of piperazine rings is 1. The predicted octanol–water partition coefficient (Wildman–Crippen LogP) is 5.60. The number of H-pyrrole nitrogens is 1. The fraction of sp³-hybridized carbons (Fsp3) is 0.366. The van der Waals surface area contributed by atoms with Gasteiger partial charge in [-0.3, -0.25) is 19.2 Å². The number of rotatable bonds is 13. The lowest BCUT2D eigenvalue weighted by molar-refractivity contribution is 0.0855. The second kappa shape index (κ2) is 17.5. The molecule has 0 unspecified atom stereocenters. The van der Waals surface area contributed by atoms with Gasteiger partial charge in [0.25, 0.3) is 5.56 Å². The summed E-state index contributed by atoms with van der Waals surface area (Å²) in [4.78, 5) is 42.3. The molecule has 3 aromatic carbocycles. The molecule has 0 bridgehead atoms. The number of aromatic nitrogens is 4. The Bertz CT molecular complexity index is 2300. The number of nitrogens with one attached hydrogen (secondary N) is 3. The van der Waals surface area contributed by atoms with Crippen molar-refractivity contribution in [1.82, 2.24) is 29.3 Å². The minimum Gasteiger partial charge on any atom is -0.494 e. The zero-order valence-corrected chi connectivity index (χ0v) is 33.7. The molecule has 3 N–H and O–H groups in total. The summed E-state index contributed by atoms with van der Waals surface area (Å²) >= 11 is 6.48. The van der Waals surface area contributed by atoms with E-state index in [4.69, 9.17) is 16.3 Å². The number of nitrogens with zero attached hydrogens (tertiary/aromatic N) is 6. The van der Waals surface area contributed by atoms with Crippen LogP contribution in [0.3, 0.4) is 0 Å². The number of benzene rings is 3. The van der Waals surface area contributed by atoms with Gasteiger partial charge < -0.3 is 29.7 Å². The van der Waals surface area contributed by atoms with Crippen molar-refractivity contribution in [2.75, 3.05) is 81.8 Å². The summed E-state index contributed by atoms with van der Waals surface area (Å²) in [5, 5.41) is 7.61. The third-order valence-electron chi connectivity index (χ3n) is 10.7. The maximum Gasteiger partial charge on any atom is 0.328 e. The Balaban J connectivity index is 0.878. The van der Waals surface area contributed by atoms with E-state index in [1.165, 1.54) is 28.6 Å². The largest absolute Gasteiger partial charge is 0.494 e. The smallest absolute Gasteiger partial charge is 0.328 e. The van der Waals surface area contributed by atoms with E-state index in [1.54, 1.807) is 20.4 Å². The van der Waals surface area contributed by atoms with Crippen LogP contribution in [0.2, 0.25) is 5.02 Å². The number of methoxy groups -OCH3 is 1. The Morgan fingerprint density at radius 3 is 2.34 bits per heavy atom. The van der Waals surface area contributed by atoms with Gasteiger partial charge in [-0.05, 0) is 68.0 Å². The fourth-order valence-corrected chi connectivity index (χ4v) is 8.79. The predicted molar refractivity (Wildman–Crippen MR) is 226 cm³/mol. The first-order valence-electron chi connectivity index (χ1n) is 19.0. The minimum atomic E-state index is -2.54. The third kappa shape index (κ3) is 9.70. The Kier molecular flexibility index (Phi) is 12.3. The van der Waals surface area contributed by atoms with Crippen LogP contribution in [0.15, 0.2) is 94.8 Å². The molecular formula is C41H49ClN9O4P. The molecule has 2 aromatic heterocycles. The van der Waals surface area contributed by atoms with Crippen LogP contribution in [0.5, 0.6) is 5.75 Å². The second-order valence-corrected chi connectivity index (χ2v) is 18.4. The van der Waals surface area contributed by atoms with E-state index in [0.717, 1.165) is 87.3 Å². The average molecular weight is 798 g/mol. The lowest BCUT2D eigenvalue weighted by atomic mass is 10.0. The first kappa shape index (κ1) is 39.3. The van der Waals surface area contributed by atoms with E-state index in [-0.39, 0.29) is 5.56 Å². The lowest BCUT2D eigenvalue weighted by Crippen LogP contribution is -2.53. The van der Waals surface area contributed by atoms with Crippen LogP contribution in [0.1, 0.15) is 24.0 Å². The molecular weight excluding hydrogens is 749 g/mol. The topological polar surface area (TPSA) is 141 Å².